The zero-order valence-electron chi connectivity index (χ0n) is 11.2. The van der Waals surface area contributed by atoms with Crippen LogP contribution < -0.4 is 10.5 Å². The summed E-state index contributed by atoms with van der Waals surface area (Å²) >= 11 is 0. The van der Waals surface area contributed by atoms with Crippen LogP contribution >= 0.6 is 0 Å². The Morgan fingerprint density at radius 1 is 1.28 bits per heavy atom. The van der Waals surface area contributed by atoms with Gasteiger partial charge in [0.05, 0.1) is 7.11 Å². The standard InChI is InChI=1S/C16H23NO/c1-18-15-7-6-13(12-4-2-3-5-12)10-14(15)16(11-17)8-9-16/h6-7,10,12H,2-5,8-9,11,17H2,1H3. The second-order valence-electron chi connectivity index (χ2n) is 5.93. The van der Waals surface area contributed by atoms with Crippen LogP contribution in [0.5, 0.6) is 5.75 Å². The molecular weight excluding hydrogens is 222 g/mol. The summed E-state index contributed by atoms with van der Waals surface area (Å²) in [7, 11) is 1.76. The molecule has 2 aliphatic carbocycles. The summed E-state index contributed by atoms with van der Waals surface area (Å²) in [6.07, 6.45) is 7.90. The molecule has 0 spiro atoms. The van der Waals surface area contributed by atoms with Crippen LogP contribution in [0.1, 0.15) is 55.6 Å². The van der Waals surface area contributed by atoms with E-state index in [4.69, 9.17) is 10.5 Å². The van der Waals surface area contributed by atoms with Crippen molar-refractivity contribution in [3.8, 4) is 5.75 Å². The van der Waals surface area contributed by atoms with Crippen LogP contribution in [0.3, 0.4) is 0 Å². The Labute approximate surface area is 110 Å². The highest BCUT2D eigenvalue weighted by molar-refractivity contribution is 5.47. The molecular formula is C16H23NO. The van der Waals surface area contributed by atoms with Crippen molar-refractivity contribution in [3.63, 3.8) is 0 Å². The lowest BCUT2D eigenvalue weighted by molar-refractivity contribution is 0.403. The summed E-state index contributed by atoms with van der Waals surface area (Å²) < 4.78 is 5.54. The molecule has 0 radical (unpaired) electrons. The van der Waals surface area contributed by atoms with E-state index < -0.39 is 0 Å². The van der Waals surface area contributed by atoms with Crippen molar-refractivity contribution in [2.75, 3.05) is 13.7 Å². The lowest BCUT2D eigenvalue weighted by Crippen LogP contribution is -2.20. The average Bonchev–Trinajstić information content (AvgIpc) is 3.03. The number of hydrogen-bond donors (Lipinski definition) is 1. The topological polar surface area (TPSA) is 35.2 Å². The molecule has 1 aromatic carbocycles. The SMILES string of the molecule is COc1ccc(C2CCCC2)cc1C1(CN)CC1. The van der Waals surface area contributed by atoms with Crippen molar-refractivity contribution in [1.82, 2.24) is 0 Å². The van der Waals surface area contributed by atoms with Gasteiger partial charge in [-0.2, -0.15) is 0 Å². The third-order valence-corrected chi connectivity index (χ3v) is 4.87. The van der Waals surface area contributed by atoms with Crippen LogP contribution in [0.25, 0.3) is 0 Å². The number of benzene rings is 1. The van der Waals surface area contributed by atoms with Crippen molar-refractivity contribution in [2.24, 2.45) is 5.73 Å². The van der Waals surface area contributed by atoms with Crippen LogP contribution in [-0.4, -0.2) is 13.7 Å². The van der Waals surface area contributed by atoms with Gasteiger partial charge < -0.3 is 10.5 Å². The maximum absolute atomic E-state index is 5.97. The minimum atomic E-state index is 0.222. The fourth-order valence-corrected chi connectivity index (χ4v) is 3.39. The zero-order valence-corrected chi connectivity index (χ0v) is 11.2. The molecule has 2 nitrogen and oxygen atoms in total. The number of rotatable bonds is 4. The molecule has 2 fully saturated rings. The zero-order chi connectivity index (χ0) is 12.6. The number of nitrogens with two attached hydrogens (primary N) is 1. The summed E-state index contributed by atoms with van der Waals surface area (Å²) in [5.74, 6) is 1.79. The molecule has 0 bridgehead atoms. The molecule has 0 saturated heterocycles. The smallest absolute Gasteiger partial charge is 0.122 e. The highest BCUT2D eigenvalue weighted by Crippen LogP contribution is 2.51. The van der Waals surface area contributed by atoms with E-state index in [0.29, 0.717) is 0 Å². The van der Waals surface area contributed by atoms with E-state index in [1.54, 1.807) is 7.11 Å². The monoisotopic (exact) mass is 245 g/mol. The molecule has 0 heterocycles. The average molecular weight is 245 g/mol. The van der Waals surface area contributed by atoms with Crippen molar-refractivity contribution in [2.45, 2.75) is 49.9 Å². The van der Waals surface area contributed by atoms with Gasteiger partial charge in [-0.15, -0.1) is 0 Å². The first kappa shape index (κ1) is 12.0. The minimum absolute atomic E-state index is 0.222. The second-order valence-corrected chi connectivity index (χ2v) is 5.93. The molecule has 0 atom stereocenters. The fourth-order valence-electron chi connectivity index (χ4n) is 3.39. The van der Waals surface area contributed by atoms with E-state index in [2.05, 4.69) is 18.2 Å². The highest BCUT2D eigenvalue weighted by atomic mass is 16.5. The summed E-state index contributed by atoms with van der Waals surface area (Å²) in [4.78, 5) is 0. The van der Waals surface area contributed by atoms with Gasteiger partial charge in [0.1, 0.15) is 5.75 Å². The van der Waals surface area contributed by atoms with E-state index in [1.807, 2.05) is 0 Å². The van der Waals surface area contributed by atoms with Gasteiger partial charge in [0.25, 0.3) is 0 Å². The Morgan fingerprint density at radius 3 is 2.56 bits per heavy atom. The summed E-state index contributed by atoms with van der Waals surface area (Å²) in [6.45, 7) is 0.747. The molecule has 18 heavy (non-hydrogen) atoms. The third kappa shape index (κ3) is 1.93. The Morgan fingerprint density at radius 2 is 2.00 bits per heavy atom. The quantitative estimate of drug-likeness (QED) is 0.883. The maximum Gasteiger partial charge on any atom is 0.122 e. The summed E-state index contributed by atoms with van der Waals surface area (Å²) in [5, 5.41) is 0. The molecule has 0 unspecified atom stereocenters. The van der Waals surface area contributed by atoms with Crippen LogP contribution in [-0.2, 0) is 5.41 Å². The Balaban J connectivity index is 1.96. The van der Waals surface area contributed by atoms with Gasteiger partial charge in [0.15, 0.2) is 0 Å². The van der Waals surface area contributed by atoms with Crippen LogP contribution in [0.2, 0.25) is 0 Å². The molecule has 3 rings (SSSR count). The van der Waals surface area contributed by atoms with E-state index >= 15 is 0 Å². The molecule has 2 heteroatoms. The minimum Gasteiger partial charge on any atom is -0.496 e. The fraction of sp³-hybridized carbons (Fsp3) is 0.625. The highest BCUT2D eigenvalue weighted by Gasteiger charge is 2.45. The Bertz CT molecular complexity index is 431. The number of methoxy groups -OCH3 is 1. The Kier molecular flexibility index (Phi) is 3.06. The number of ether oxygens (including phenoxy) is 1. The van der Waals surface area contributed by atoms with Gasteiger partial charge in [-0.1, -0.05) is 25.0 Å². The van der Waals surface area contributed by atoms with Crippen LogP contribution in [0, 0.1) is 0 Å². The molecule has 2 N–H and O–H groups in total. The van der Waals surface area contributed by atoms with Crippen molar-refractivity contribution >= 4 is 0 Å². The summed E-state index contributed by atoms with van der Waals surface area (Å²) in [5.41, 5.74) is 9.06. The van der Waals surface area contributed by atoms with Gasteiger partial charge in [0.2, 0.25) is 0 Å². The van der Waals surface area contributed by atoms with Crippen LogP contribution in [0.15, 0.2) is 18.2 Å². The van der Waals surface area contributed by atoms with Gasteiger partial charge in [-0.3, -0.25) is 0 Å². The lowest BCUT2D eigenvalue weighted by Gasteiger charge is -2.20. The van der Waals surface area contributed by atoms with Gasteiger partial charge >= 0.3 is 0 Å². The molecule has 98 valence electrons. The van der Waals surface area contributed by atoms with E-state index in [9.17, 15) is 0 Å². The summed E-state index contributed by atoms with van der Waals surface area (Å²) in [6, 6.07) is 6.79. The maximum atomic E-state index is 5.97. The van der Waals surface area contributed by atoms with Gasteiger partial charge in [-0.05, 0) is 43.2 Å². The number of hydrogen-bond acceptors (Lipinski definition) is 2. The third-order valence-electron chi connectivity index (χ3n) is 4.87. The normalized spacial score (nSPS) is 22.1. The van der Waals surface area contributed by atoms with E-state index in [0.717, 1.165) is 18.2 Å². The molecule has 0 aliphatic heterocycles. The van der Waals surface area contributed by atoms with Gasteiger partial charge in [-0.25, -0.2) is 0 Å². The second kappa shape index (κ2) is 4.58. The van der Waals surface area contributed by atoms with Crippen molar-refractivity contribution < 1.29 is 4.74 Å². The molecule has 0 amide bonds. The largest absolute Gasteiger partial charge is 0.496 e. The van der Waals surface area contributed by atoms with Gasteiger partial charge in [0, 0.05) is 17.5 Å². The van der Waals surface area contributed by atoms with Crippen molar-refractivity contribution in [3.05, 3.63) is 29.3 Å². The predicted octanol–water partition coefficient (Wildman–Crippen LogP) is 3.34. The Hall–Kier alpha value is -1.02. The molecule has 1 aromatic rings. The lowest BCUT2D eigenvalue weighted by atomic mass is 9.89. The molecule has 2 saturated carbocycles. The molecule has 2 aliphatic rings. The van der Waals surface area contributed by atoms with Crippen LogP contribution in [0.4, 0.5) is 0 Å². The first-order valence-corrected chi connectivity index (χ1v) is 7.17. The van der Waals surface area contributed by atoms with E-state index in [-0.39, 0.29) is 5.41 Å². The van der Waals surface area contributed by atoms with E-state index in [1.165, 1.54) is 49.7 Å². The first-order chi connectivity index (χ1) is 8.79. The predicted molar refractivity (Wildman–Crippen MR) is 74.2 cm³/mol. The van der Waals surface area contributed by atoms with Crippen molar-refractivity contribution in [1.29, 1.82) is 0 Å². The molecule has 0 aromatic heterocycles. The first-order valence-electron chi connectivity index (χ1n) is 7.17.